The van der Waals surface area contributed by atoms with Gasteiger partial charge in [0.2, 0.25) is 0 Å². The first kappa shape index (κ1) is 25.0. The largest absolute Gasteiger partial charge is 0.508 e. The Bertz CT molecular complexity index is 1280. The second-order valence-corrected chi connectivity index (χ2v) is 8.65. The first-order valence-electron chi connectivity index (χ1n) is 12.0. The molecule has 5 heteroatoms. The molecule has 0 aliphatic rings. The van der Waals surface area contributed by atoms with Crippen molar-refractivity contribution < 1.29 is 24.1 Å². The summed E-state index contributed by atoms with van der Waals surface area (Å²) in [4.78, 5) is 0. The summed E-state index contributed by atoms with van der Waals surface area (Å²) in [6.45, 7) is 0. The number of hydrogen-bond donors (Lipinski definition) is 1. The van der Waals surface area contributed by atoms with Gasteiger partial charge in [-0.2, -0.15) is 0 Å². The highest BCUT2D eigenvalue weighted by molar-refractivity contribution is 5.44. The lowest BCUT2D eigenvalue weighted by molar-refractivity contribution is 0.407. The third kappa shape index (κ3) is 6.95. The van der Waals surface area contributed by atoms with E-state index in [-0.39, 0.29) is 5.75 Å². The zero-order chi connectivity index (χ0) is 25.3. The first-order valence-corrected chi connectivity index (χ1v) is 12.0. The molecule has 186 valence electrons. The Morgan fingerprint density at radius 2 is 1.03 bits per heavy atom. The summed E-state index contributed by atoms with van der Waals surface area (Å²) in [7, 11) is 4.99. The van der Waals surface area contributed by atoms with Gasteiger partial charge in [-0.3, -0.25) is 0 Å². The number of benzene rings is 4. The first-order chi connectivity index (χ1) is 17.5. The van der Waals surface area contributed by atoms with Gasteiger partial charge in [-0.1, -0.05) is 24.3 Å². The molecule has 0 spiro atoms. The standard InChI is InChI=1S/C31H32O5/c1-33-27-13-11-22(12-14-27)7-9-24-15-26(32)20-30(18-24)36-31-19-25(17-29(21-31)35-3)10-8-23-5-4-6-28(16-23)34-2/h4-6,11-21,32H,7-10H2,1-3H3. The van der Waals surface area contributed by atoms with E-state index in [9.17, 15) is 5.11 Å². The van der Waals surface area contributed by atoms with E-state index in [0.29, 0.717) is 11.5 Å². The number of phenols is 1. The van der Waals surface area contributed by atoms with Crippen molar-refractivity contribution in [2.24, 2.45) is 0 Å². The average Bonchev–Trinajstić information content (AvgIpc) is 2.90. The van der Waals surface area contributed by atoms with Crippen LogP contribution in [0.4, 0.5) is 0 Å². The molecule has 0 saturated carbocycles. The maximum absolute atomic E-state index is 10.3. The van der Waals surface area contributed by atoms with Crippen LogP contribution in [0.25, 0.3) is 0 Å². The van der Waals surface area contributed by atoms with Crippen molar-refractivity contribution >= 4 is 0 Å². The molecular formula is C31H32O5. The van der Waals surface area contributed by atoms with E-state index in [0.717, 1.165) is 54.1 Å². The molecule has 4 aromatic carbocycles. The third-order valence-electron chi connectivity index (χ3n) is 6.06. The number of phenolic OH excluding ortho intramolecular Hbond substituents is 1. The summed E-state index contributed by atoms with van der Waals surface area (Å²) in [6, 6.07) is 27.4. The van der Waals surface area contributed by atoms with Crippen molar-refractivity contribution in [2.45, 2.75) is 25.7 Å². The van der Waals surface area contributed by atoms with Gasteiger partial charge in [0.05, 0.1) is 21.3 Å². The topological polar surface area (TPSA) is 57.2 Å². The van der Waals surface area contributed by atoms with Gasteiger partial charge in [-0.05, 0) is 96.5 Å². The number of aryl methyl sites for hydroxylation is 4. The van der Waals surface area contributed by atoms with E-state index in [1.165, 1.54) is 11.1 Å². The Kier molecular flexibility index (Phi) is 8.35. The minimum absolute atomic E-state index is 0.179. The van der Waals surface area contributed by atoms with Crippen LogP contribution in [0.5, 0.6) is 34.5 Å². The number of hydrogen-bond acceptors (Lipinski definition) is 5. The zero-order valence-corrected chi connectivity index (χ0v) is 21.0. The molecule has 0 bridgehead atoms. The quantitative estimate of drug-likeness (QED) is 0.254. The average molecular weight is 485 g/mol. The van der Waals surface area contributed by atoms with Crippen molar-refractivity contribution in [3.05, 3.63) is 107 Å². The van der Waals surface area contributed by atoms with E-state index >= 15 is 0 Å². The van der Waals surface area contributed by atoms with E-state index in [1.807, 2.05) is 48.5 Å². The fourth-order valence-corrected chi connectivity index (χ4v) is 4.13. The smallest absolute Gasteiger partial charge is 0.131 e. The molecule has 0 radical (unpaired) electrons. The van der Waals surface area contributed by atoms with Gasteiger partial charge >= 0.3 is 0 Å². The van der Waals surface area contributed by atoms with Crippen LogP contribution >= 0.6 is 0 Å². The van der Waals surface area contributed by atoms with Crippen LogP contribution in [0.3, 0.4) is 0 Å². The van der Waals surface area contributed by atoms with Crippen LogP contribution in [0.1, 0.15) is 22.3 Å². The van der Waals surface area contributed by atoms with Crippen molar-refractivity contribution in [1.29, 1.82) is 0 Å². The molecular weight excluding hydrogens is 452 g/mol. The second-order valence-electron chi connectivity index (χ2n) is 8.65. The zero-order valence-electron chi connectivity index (χ0n) is 21.0. The highest BCUT2D eigenvalue weighted by Crippen LogP contribution is 2.31. The molecule has 5 nitrogen and oxygen atoms in total. The summed E-state index contributed by atoms with van der Waals surface area (Å²) >= 11 is 0. The summed E-state index contributed by atoms with van der Waals surface area (Å²) in [6.07, 6.45) is 3.32. The fraction of sp³-hybridized carbons (Fsp3) is 0.226. The van der Waals surface area contributed by atoms with Gasteiger partial charge in [-0.25, -0.2) is 0 Å². The Hall–Kier alpha value is -4.12. The van der Waals surface area contributed by atoms with Gasteiger partial charge < -0.3 is 24.1 Å². The van der Waals surface area contributed by atoms with Gasteiger partial charge in [-0.15, -0.1) is 0 Å². The minimum atomic E-state index is 0.179. The number of ether oxygens (including phenoxy) is 4. The van der Waals surface area contributed by atoms with Crippen LogP contribution in [0, 0.1) is 0 Å². The Balaban J connectivity index is 1.45. The van der Waals surface area contributed by atoms with Gasteiger partial charge in [0.1, 0.15) is 34.5 Å². The lowest BCUT2D eigenvalue weighted by Crippen LogP contribution is -1.96. The summed E-state index contributed by atoms with van der Waals surface area (Å²) in [5.74, 6) is 3.86. The number of aromatic hydroxyl groups is 1. The normalized spacial score (nSPS) is 10.6. The van der Waals surface area contributed by atoms with Crippen LogP contribution in [-0.4, -0.2) is 26.4 Å². The molecule has 36 heavy (non-hydrogen) atoms. The molecule has 0 unspecified atom stereocenters. The molecule has 0 saturated heterocycles. The maximum Gasteiger partial charge on any atom is 0.131 e. The molecule has 0 heterocycles. The van der Waals surface area contributed by atoms with E-state index in [2.05, 4.69) is 24.3 Å². The van der Waals surface area contributed by atoms with Crippen molar-refractivity contribution in [2.75, 3.05) is 21.3 Å². The number of methoxy groups -OCH3 is 3. The van der Waals surface area contributed by atoms with Crippen LogP contribution in [-0.2, 0) is 25.7 Å². The van der Waals surface area contributed by atoms with Crippen molar-refractivity contribution in [1.82, 2.24) is 0 Å². The second kappa shape index (κ2) is 12.0. The molecule has 0 aliphatic heterocycles. The van der Waals surface area contributed by atoms with E-state index in [1.54, 1.807) is 33.5 Å². The Morgan fingerprint density at radius 1 is 0.472 bits per heavy atom. The fourth-order valence-electron chi connectivity index (χ4n) is 4.13. The predicted molar refractivity (Wildman–Crippen MR) is 142 cm³/mol. The lowest BCUT2D eigenvalue weighted by atomic mass is 10.0. The SMILES string of the molecule is COc1ccc(CCc2cc(O)cc(Oc3cc(CCc4cccc(OC)c4)cc(OC)c3)c2)cc1. The maximum atomic E-state index is 10.3. The van der Waals surface area contributed by atoms with Crippen molar-refractivity contribution in [3.8, 4) is 34.5 Å². The van der Waals surface area contributed by atoms with Crippen LogP contribution in [0.2, 0.25) is 0 Å². The molecule has 0 aromatic heterocycles. The van der Waals surface area contributed by atoms with Gasteiger partial charge in [0.15, 0.2) is 0 Å². The van der Waals surface area contributed by atoms with Crippen LogP contribution in [0.15, 0.2) is 84.9 Å². The predicted octanol–water partition coefficient (Wildman–Crippen LogP) is 6.78. The third-order valence-corrected chi connectivity index (χ3v) is 6.06. The molecule has 0 fully saturated rings. The van der Waals surface area contributed by atoms with E-state index in [4.69, 9.17) is 18.9 Å². The molecule has 4 aromatic rings. The Morgan fingerprint density at radius 3 is 1.72 bits per heavy atom. The van der Waals surface area contributed by atoms with Crippen molar-refractivity contribution in [3.63, 3.8) is 0 Å². The highest BCUT2D eigenvalue weighted by atomic mass is 16.5. The molecule has 0 atom stereocenters. The molecule has 4 rings (SSSR count). The molecule has 1 N–H and O–H groups in total. The van der Waals surface area contributed by atoms with Gasteiger partial charge in [0.25, 0.3) is 0 Å². The summed E-state index contributed by atoms with van der Waals surface area (Å²) in [5, 5.41) is 10.3. The monoisotopic (exact) mass is 484 g/mol. The van der Waals surface area contributed by atoms with E-state index < -0.39 is 0 Å². The number of rotatable bonds is 11. The lowest BCUT2D eigenvalue weighted by Gasteiger charge is -2.13. The van der Waals surface area contributed by atoms with Gasteiger partial charge in [0, 0.05) is 12.1 Å². The minimum Gasteiger partial charge on any atom is -0.508 e. The molecule has 0 aliphatic carbocycles. The molecule has 0 amide bonds. The van der Waals surface area contributed by atoms with Crippen LogP contribution < -0.4 is 18.9 Å². The summed E-state index contributed by atoms with van der Waals surface area (Å²) in [5.41, 5.74) is 4.51. The highest BCUT2D eigenvalue weighted by Gasteiger charge is 2.08. The summed E-state index contributed by atoms with van der Waals surface area (Å²) < 4.78 is 22.3. The Labute approximate surface area is 212 Å².